The average molecular weight is 334 g/mol. The summed E-state index contributed by atoms with van der Waals surface area (Å²) in [5.41, 5.74) is 2.32. The van der Waals surface area contributed by atoms with Crippen LogP contribution in [-0.2, 0) is 0 Å². The van der Waals surface area contributed by atoms with Gasteiger partial charge in [-0.2, -0.15) is 5.10 Å². The zero-order chi connectivity index (χ0) is 17.2. The van der Waals surface area contributed by atoms with Crippen molar-refractivity contribution >= 4 is 16.7 Å². The van der Waals surface area contributed by atoms with Crippen LogP contribution in [0.15, 0.2) is 61.4 Å². The normalized spacial score (nSPS) is 12.2. The molecule has 0 fully saturated rings. The first-order chi connectivity index (χ1) is 12.2. The van der Waals surface area contributed by atoms with Crippen molar-refractivity contribution in [2.75, 3.05) is 5.32 Å². The number of aromatic nitrogens is 5. The van der Waals surface area contributed by atoms with Crippen LogP contribution in [0.25, 0.3) is 16.6 Å². The van der Waals surface area contributed by atoms with Crippen molar-refractivity contribution in [2.24, 2.45) is 0 Å². The summed E-state index contributed by atoms with van der Waals surface area (Å²) in [5, 5.41) is 8.10. The van der Waals surface area contributed by atoms with Crippen molar-refractivity contribution in [3.8, 4) is 5.69 Å². The molecule has 1 unspecified atom stereocenters. The molecule has 0 saturated heterocycles. The van der Waals surface area contributed by atoms with Gasteiger partial charge in [0.15, 0.2) is 0 Å². The largest absolute Gasteiger partial charge is 0.363 e. The summed E-state index contributed by atoms with van der Waals surface area (Å²) >= 11 is 0. The Kier molecular flexibility index (Phi) is 3.81. The van der Waals surface area contributed by atoms with Crippen LogP contribution in [-0.4, -0.2) is 24.7 Å². The van der Waals surface area contributed by atoms with Gasteiger partial charge in [-0.15, -0.1) is 0 Å². The van der Waals surface area contributed by atoms with Crippen molar-refractivity contribution in [1.82, 2.24) is 24.7 Å². The van der Waals surface area contributed by atoms with Gasteiger partial charge in [0, 0.05) is 11.4 Å². The topological polar surface area (TPSA) is 68.5 Å². The zero-order valence-corrected chi connectivity index (χ0v) is 13.5. The van der Waals surface area contributed by atoms with Crippen LogP contribution in [0.3, 0.4) is 0 Å². The maximum Gasteiger partial charge on any atom is 0.149 e. The van der Waals surface area contributed by atoms with Crippen LogP contribution >= 0.6 is 0 Å². The Morgan fingerprint density at radius 1 is 1.04 bits per heavy atom. The van der Waals surface area contributed by atoms with Gasteiger partial charge in [-0.3, -0.25) is 0 Å². The van der Waals surface area contributed by atoms with Gasteiger partial charge in [0.25, 0.3) is 0 Å². The fourth-order valence-corrected chi connectivity index (χ4v) is 2.71. The lowest BCUT2D eigenvalue weighted by Crippen LogP contribution is -2.09. The number of nitrogens with one attached hydrogen (secondary N) is 1. The molecule has 6 nitrogen and oxygen atoms in total. The third kappa shape index (κ3) is 2.91. The molecule has 0 spiro atoms. The fourth-order valence-electron chi connectivity index (χ4n) is 2.71. The minimum absolute atomic E-state index is 0.00818. The van der Waals surface area contributed by atoms with E-state index in [9.17, 15) is 4.39 Å². The second kappa shape index (κ2) is 6.27. The monoisotopic (exact) mass is 334 g/mol. The first-order valence-electron chi connectivity index (χ1n) is 7.83. The number of rotatable bonds is 4. The summed E-state index contributed by atoms with van der Waals surface area (Å²) in [5.74, 6) is 0.255. The van der Waals surface area contributed by atoms with Gasteiger partial charge in [0.2, 0.25) is 0 Å². The van der Waals surface area contributed by atoms with Crippen LogP contribution in [0, 0.1) is 5.82 Å². The number of benzene rings is 2. The van der Waals surface area contributed by atoms with Crippen LogP contribution in [0.5, 0.6) is 0 Å². The van der Waals surface area contributed by atoms with Gasteiger partial charge in [0.1, 0.15) is 36.1 Å². The molecule has 1 atom stereocenters. The molecule has 2 heterocycles. The molecule has 2 aromatic heterocycles. The van der Waals surface area contributed by atoms with E-state index in [4.69, 9.17) is 0 Å². The van der Waals surface area contributed by atoms with E-state index in [1.807, 2.05) is 31.2 Å². The summed E-state index contributed by atoms with van der Waals surface area (Å²) in [6.45, 7) is 2.03. The van der Waals surface area contributed by atoms with E-state index >= 15 is 0 Å². The predicted molar refractivity (Wildman–Crippen MR) is 92.9 cm³/mol. The van der Waals surface area contributed by atoms with Gasteiger partial charge >= 0.3 is 0 Å². The third-order valence-corrected chi connectivity index (χ3v) is 4.05. The number of hydrogen-bond acceptors (Lipinski definition) is 5. The summed E-state index contributed by atoms with van der Waals surface area (Å²) in [6.07, 6.45) is 4.52. The molecule has 0 radical (unpaired) electrons. The standard InChI is InChI=1S/C18H15FN6/c1-12(13-5-7-14(8-6-13)25-11-20-9-23-25)24-18-15-3-2-4-16(19)17(15)21-10-22-18/h2-12H,1H3,(H,21,22,24). The molecule has 4 rings (SSSR count). The van der Waals surface area contributed by atoms with Crippen molar-refractivity contribution in [2.45, 2.75) is 13.0 Å². The van der Waals surface area contributed by atoms with Crippen LogP contribution < -0.4 is 5.32 Å². The quantitative estimate of drug-likeness (QED) is 0.618. The molecule has 0 aliphatic rings. The van der Waals surface area contributed by atoms with E-state index in [0.29, 0.717) is 16.7 Å². The van der Waals surface area contributed by atoms with Crippen molar-refractivity contribution < 1.29 is 4.39 Å². The summed E-state index contributed by atoms with van der Waals surface area (Å²) < 4.78 is 15.6. The number of para-hydroxylation sites is 1. The van der Waals surface area contributed by atoms with E-state index in [-0.39, 0.29) is 11.9 Å². The van der Waals surface area contributed by atoms with Gasteiger partial charge < -0.3 is 5.32 Å². The van der Waals surface area contributed by atoms with Crippen molar-refractivity contribution in [3.05, 3.63) is 72.8 Å². The molecule has 124 valence electrons. The summed E-state index contributed by atoms with van der Waals surface area (Å²) in [7, 11) is 0. The highest BCUT2D eigenvalue weighted by Crippen LogP contribution is 2.25. The lowest BCUT2D eigenvalue weighted by molar-refractivity contribution is 0.636. The smallest absolute Gasteiger partial charge is 0.149 e. The van der Waals surface area contributed by atoms with Crippen LogP contribution in [0.1, 0.15) is 18.5 Å². The molecule has 4 aromatic rings. The van der Waals surface area contributed by atoms with E-state index < -0.39 is 0 Å². The molecular weight excluding hydrogens is 319 g/mol. The van der Waals surface area contributed by atoms with Crippen LogP contribution in [0.4, 0.5) is 10.2 Å². The second-order valence-corrected chi connectivity index (χ2v) is 5.66. The molecule has 1 N–H and O–H groups in total. The van der Waals surface area contributed by atoms with Crippen molar-refractivity contribution in [3.63, 3.8) is 0 Å². The average Bonchev–Trinajstić information content (AvgIpc) is 3.17. The third-order valence-electron chi connectivity index (χ3n) is 4.05. The Morgan fingerprint density at radius 3 is 2.64 bits per heavy atom. The predicted octanol–water partition coefficient (Wildman–Crippen LogP) is 3.52. The number of nitrogens with zero attached hydrogens (tertiary/aromatic N) is 5. The minimum atomic E-state index is -0.354. The highest BCUT2D eigenvalue weighted by Gasteiger charge is 2.11. The summed E-state index contributed by atoms with van der Waals surface area (Å²) in [6, 6.07) is 12.8. The maximum atomic E-state index is 13.9. The Morgan fingerprint density at radius 2 is 1.88 bits per heavy atom. The summed E-state index contributed by atoms with van der Waals surface area (Å²) in [4.78, 5) is 12.2. The number of anilines is 1. The fraction of sp³-hybridized carbons (Fsp3) is 0.111. The molecule has 0 saturated carbocycles. The van der Waals surface area contributed by atoms with Gasteiger partial charge in [-0.1, -0.05) is 18.2 Å². The second-order valence-electron chi connectivity index (χ2n) is 5.66. The minimum Gasteiger partial charge on any atom is -0.363 e. The van der Waals surface area contributed by atoms with Gasteiger partial charge in [-0.05, 0) is 36.8 Å². The molecule has 25 heavy (non-hydrogen) atoms. The molecular formula is C18H15FN6. The van der Waals surface area contributed by atoms with E-state index in [2.05, 4.69) is 25.4 Å². The Balaban J connectivity index is 1.60. The molecule has 0 amide bonds. The SMILES string of the molecule is CC(Nc1ncnc2c(F)cccc12)c1ccc(-n2cncn2)cc1. The zero-order valence-electron chi connectivity index (χ0n) is 13.5. The first kappa shape index (κ1) is 15.2. The lowest BCUT2D eigenvalue weighted by atomic mass is 10.1. The number of hydrogen-bond donors (Lipinski definition) is 1. The molecule has 0 bridgehead atoms. The highest BCUT2D eigenvalue weighted by molar-refractivity contribution is 5.89. The lowest BCUT2D eigenvalue weighted by Gasteiger charge is -2.16. The van der Waals surface area contributed by atoms with Gasteiger partial charge in [0.05, 0.1) is 5.69 Å². The molecule has 0 aliphatic heterocycles. The highest BCUT2D eigenvalue weighted by atomic mass is 19.1. The van der Waals surface area contributed by atoms with Gasteiger partial charge in [-0.25, -0.2) is 24.0 Å². The molecule has 2 aromatic carbocycles. The number of fused-ring (bicyclic) bond motifs is 1. The Labute approximate surface area is 143 Å². The Bertz CT molecular complexity index is 998. The number of halogens is 1. The Hall–Kier alpha value is -3.35. The molecule has 0 aliphatic carbocycles. The maximum absolute atomic E-state index is 13.9. The van der Waals surface area contributed by atoms with E-state index in [1.165, 1.54) is 18.7 Å². The first-order valence-corrected chi connectivity index (χ1v) is 7.83. The van der Waals surface area contributed by atoms with Crippen molar-refractivity contribution in [1.29, 1.82) is 0 Å². The molecule has 7 heteroatoms. The van der Waals surface area contributed by atoms with Crippen LogP contribution in [0.2, 0.25) is 0 Å². The van der Waals surface area contributed by atoms with E-state index in [1.54, 1.807) is 23.1 Å². The van der Waals surface area contributed by atoms with E-state index in [0.717, 1.165) is 11.3 Å².